The number of carbonyl (C=O) groups is 1. The topological polar surface area (TPSA) is 77.5 Å². The van der Waals surface area contributed by atoms with Crippen LogP contribution in [-0.4, -0.2) is 85.6 Å². The van der Waals surface area contributed by atoms with Gasteiger partial charge >= 0.3 is 5.97 Å². The van der Waals surface area contributed by atoms with Crippen molar-refractivity contribution in [2.75, 3.05) is 19.8 Å². The minimum Gasteiger partial charge on any atom is -0.465 e. The van der Waals surface area contributed by atoms with Gasteiger partial charge < -0.3 is 23.7 Å². The van der Waals surface area contributed by atoms with Crippen LogP contribution in [-0.2, 0) is 23.4 Å². The van der Waals surface area contributed by atoms with E-state index in [0.717, 1.165) is 0 Å². The van der Waals surface area contributed by atoms with Gasteiger partial charge in [-0.1, -0.05) is 81.4 Å². The van der Waals surface area contributed by atoms with Gasteiger partial charge in [-0.05, 0) is 77.7 Å². The van der Waals surface area contributed by atoms with Gasteiger partial charge in [0.1, 0.15) is 6.10 Å². The highest BCUT2D eigenvalue weighted by molar-refractivity contribution is 6.99. The Labute approximate surface area is 279 Å². The lowest BCUT2D eigenvalue weighted by Crippen LogP contribution is -2.67. The summed E-state index contributed by atoms with van der Waals surface area (Å²) in [7, 11) is -2.87. The molecule has 7 nitrogen and oxygen atoms in total. The summed E-state index contributed by atoms with van der Waals surface area (Å²) in [5.74, 6) is -0.660. The highest BCUT2D eigenvalue weighted by Crippen LogP contribution is 2.44. The number of nitrogens with zero attached hydrogens (tertiary/aromatic N) is 1. The SMILES string of the molecule is CC(C)(C)O[C@H]1[C@@H]2[C@@H](COC(=O)C(C)(C)C)[C@H](O)[C@H](CO[Si](c3ccccc3)(c3ccccc3)C(C)(C)C)N2C[C@@H]1OC(C)(C)C. The molecule has 2 aromatic rings. The maximum absolute atomic E-state index is 13.0. The first-order valence-electron chi connectivity index (χ1n) is 16.9. The van der Waals surface area contributed by atoms with E-state index in [9.17, 15) is 9.90 Å². The van der Waals surface area contributed by atoms with Gasteiger partial charge in [0.2, 0.25) is 0 Å². The third kappa shape index (κ3) is 7.96. The fourth-order valence-electron chi connectivity index (χ4n) is 7.24. The molecule has 0 unspecified atom stereocenters. The van der Waals surface area contributed by atoms with E-state index in [4.69, 9.17) is 18.6 Å². The molecule has 0 aliphatic carbocycles. The molecular formula is C38H59NO6Si. The lowest BCUT2D eigenvalue weighted by Gasteiger charge is -2.44. The van der Waals surface area contributed by atoms with Gasteiger partial charge in [-0.3, -0.25) is 9.69 Å². The first-order valence-corrected chi connectivity index (χ1v) is 18.8. The molecule has 2 fully saturated rings. The summed E-state index contributed by atoms with van der Waals surface area (Å²) < 4.78 is 26.7. The predicted octanol–water partition coefficient (Wildman–Crippen LogP) is 5.56. The molecule has 0 aromatic heterocycles. The highest BCUT2D eigenvalue weighted by Gasteiger charge is 2.61. The zero-order chi connectivity index (χ0) is 34.3. The second kappa shape index (κ2) is 13.4. The van der Waals surface area contributed by atoms with Crippen LogP contribution < -0.4 is 10.4 Å². The van der Waals surface area contributed by atoms with E-state index in [1.807, 2.05) is 53.7 Å². The smallest absolute Gasteiger partial charge is 0.311 e. The molecule has 0 saturated carbocycles. The third-order valence-corrected chi connectivity index (χ3v) is 14.1. The van der Waals surface area contributed by atoms with Crippen molar-refractivity contribution in [1.29, 1.82) is 0 Å². The molecule has 46 heavy (non-hydrogen) atoms. The number of ether oxygens (including phenoxy) is 3. The summed E-state index contributed by atoms with van der Waals surface area (Å²) in [6, 6.07) is 20.6. The molecule has 256 valence electrons. The minimum atomic E-state index is -2.87. The number of fused-ring (bicyclic) bond motifs is 1. The predicted molar refractivity (Wildman–Crippen MR) is 187 cm³/mol. The Morgan fingerprint density at radius 2 is 1.28 bits per heavy atom. The van der Waals surface area contributed by atoms with Gasteiger partial charge in [-0.15, -0.1) is 0 Å². The standard InChI is InChI=1S/C38H59NO6Si/c1-35(2,3)34(41)42-24-28-31-33(45-37(7,8)9)30(44-36(4,5)6)23-39(31)29(32(28)40)25-43-46(38(10,11)12,26-19-15-13-16-20-26)27-21-17-14-18-22-27/h13-22,28-33,40H,23-25H2,1-12H3/t28-,29+,30+,31+,32+,33-/m1/s1. The third-order valence-electron chi connectivity index (χ3n) is 9.08. The van der Waals surface area contributed by atoms with Crippen molar-refractivity contribution < 1.29 is 28.5 Å². The molecule has 2 saturated heterocycles. The Bertz CT molecular complexity index is 1250. The first kappa shape index (κ1) is 36.8. The second-order valence-electron chi connectivity index (χ2n) is 17.2. The van der Waals surface area contributed by atoms with Crippen LogP contribution in [0.25, 0.3) is 0 Å². The van der Waals surface area contributed by atoms with Crippen LogP contribution >= 0.6 is 0 Å². The largest absolute Gasteiger partial charge is 0.465 e. The maximum Gasteiger partial charge on any atom is 0.311 e. The van der Waals surface area contributed by atoms with E-state index in [0.29, 0.717) is 13.2 Å². The van der Waals surface area contributed by atoms with Gasteiger partial charge in [0.05, 0.1) is 48.1 Å². The van der Waals surface area contributed by atoms with Gasteiger partial charge in [0, 0.05) is 18.5 Å². The van der Waals surface area contributed by atoms with E-state index in [2.05, 4.69) is 95.0 Å². The van der Waals surface area contributed by atoms with Crippen molar-refractivity contribution in [2.24, 2.45) is 11.3 Å². The quantitative estimate of drug-likeness (QED) is 0.281. The molecule has 0 amide bonds. The summed E-state index contributed by atoms with van der Waals surface area (Å²) in [6.45, 7) is 25.7. The van der Waals surface area contributed by atoms with E-state index >= 15 is 0 Å². The van der Waals surface area contributed by atoms with Crippen molar-refractivity contribution >= 4 is 24.7 Å². The average molecular weight is 654 g/mol. The summed E-state index contributed by atoms with van der Waals surface area (Å²) in [5, 5.41) is 14.3. The molecule has 0 bridgehead atoms. The lowest BCUT2D eigenvalue weighted by atomic mass is 9.91. The zero-order valence-corrected chi connectivity index (χ0v) is 31.3. The van der Waals surface area contributed by atoms with E-state index in [1.165, 1.54) is 10.4 Å². The van der Waals surface area contributed by atoms with E-state index < -0.39 is 31.0 Å². The van der Waals surface area contributed by atoms with Crippen LogP contribution in [0.4, 0.5) is 0 Å². The Morgan fingerprint density at radius 3 is 1.72 bits per heavy atom. The lowest BCUT2D eigenvalue weighted by molar-refractivity contribution is -0.164. The van der Waals surface area contributed by atoms with Gasteiger partial charge in [0.25, 0.3) is 8.32 Å². The fourth-order valence-corrected chi connectivity index (χ4v) is 11.8. The Hall–Kier alpha value is -2.07. The van der Waals surface area contributed by atoms with E-state index in [-0.39, 0.29) is 47.8 Å². The summed E-state index contributed by atoms with van der Waals surface area (Å²) in [6.07, 6.45) is -1.35. The molecule has 2 heterocycles. The van der Waals surface area contributed by atoms with Crippen molar-refractivity contribution in [3.05, 3.63) is 60.7 Å². The number of hydrogen-bond acceptors (Lipinski definition) is 7. The van der Waals surface area contributed by atoms with Crippen LogP contribution in [0.1, 0.15) is 83.1 Å². The van der Waals surface area contributed by atoms with Crippen LogP contribution in [0.2, 0.25) is 5.04 Å². The van der Waals surface area contributed by atoms with Gasteiger partial charge in [0.15, 0.2) is 0 Å². The van der Waals surface area contributed by atoms with Crippen LogP contribution in [0.3, 0.4) is 0 Å². The summed E-state index contributed by atoms with van der Waals surface area (Å²) in [4.78, 5) is 15.3. The number of aliphatic hydroxyl groups excluding tert-OH is 1. The van der Waals surface area contributed by atoms with Crippen molar-refractivity contribution in [1.82, 2.24) is 4.90 Å². The molecular weight excluding hydrogens is 595 g/mol. The molecule has 2 aliphatic rings. The molecule has 0 spiro atoms. The monoisotopic (exact) mass is 653 g/mol. The Morgan fingerprint density at radius 1 is 0.783 bits per heavy atom. The fraction of sp³-hybridized carbons (Fsp3) is 0.658. The number of aliphatic hydroxyl groups is 1. The number of rotatable bonds is 9. The molecule has 8 heteroatoms. The van der Waals surface area contributed by atoms with Crippen molar-refractivity contribution in [3.63, 3.8) is 0 Å². The average Bonchev–Trinajstić information content (AvgIpc) is 3.38. The highest BCUT2D eigenvalue weighted by atomic mass is 28.4. The molecule has 0 radical (unpaired) electrons. The number of hydrogen-bond donors (Lipinski definition) is 1. The molecule has 4 rings (SSSR count). The van der Waals surface area contributed by atoms with Crippen molar-refractivity contribution in [2.45, 2.75) is 130 Å². The number of carbonyl (C=O) groups excluding carboxylic acids is 1. The summed E-state index contributed by atoms with van der Waals surface area (Å²) in [5.41, 5.74) is -1.48. The number of benzene rings is 2. The zero-order valence-electron chi connectivity index (χ0n) is 30.3. The number of esters is 1. The van der Waals surface area contributed by atoms with Crippen LogP contribution in [0.15, 0.2) is 60.7 Å². The Kier molecular flexibility index (Phi) is 10.7. The van der Waals surface area contributed by atoms with Crippen molar-refractivity contribution in [3.8, 4) is 0 Å². The first-order chi connectivity index (χ1) is 21.2. The second-order valence-corrected chi connectivity index (χ2v) is 21.5. The van der Waals surface area contributed by atoms with Gasteiger partial charge in [-0.2, -0.15) is 0 Å². The normalized spacial score (nSPS) is 26.3. The molecule has 6 atom stereocenters. The Balaban J connectivity index is 1.77. The maximum atomic E-state index is 13.0. The molecule has 1 N–H and O–H groups in total. The van der Waals surface area contributed by atoms with Crippen LogP contribution in [0, 0.1) is 11.3 Å². The van der Waals surface area contributed by atoms with Gasteiger partial charge in [-0.25, -0.2) is 0 Å². The minimum absolute atomic E-state index is 0.0976. The van der Waals surface area contributed by atoms with E-state index in [1.54, 1.807) is 0 Å². The van der Waals surface area contributed by atoms with Crippen LogP contribution in [0.5, 0.6) is 0 Å². The summed E-state index contributed by atoms with van der Waals surface area (Å²) >= 11 is 0. The molecule has 2 aromatic carbocycles. The molecule has 2 aliphatic heterocycles.